The second kappa shape index (κ2) is 5.91. The molecule has 1 heterocycles. The molecule has 2 aromatic rings. The molecule has 0 amide bonds. The first-order chi connectivity index (χ1) is 9.10. The van der Waals surface area contributed by atoms with Crippen LogP contribution in [-0.2, 0) is 6.54 Å². The number of nitrogens with zero attached hydrogens (tertiary/aromatic N) is 2. The molecule has 1 atom stereocenters. The molecule has 0 fully saturated rings. The van der Waals surface area contributed by atoms with Gasteiger partial charge in [-0.05, 0) is 50.5 Å². The minimum Gasteiger partial charge on any atom is -0.379 e. The van der Waals surface area contributed by atoms with Crippen molar-refractivity contribution >= 4 is 5.69 Å². The number of anilines is 1. The van der Waals surface area contributed by atoms with Gasteiger partial charge >= 0.3 is 0 Å². The minimum atomic E-state index is 0.467. The van der Waals surface area contributed by atoms with Crippen molar-refractivity contribution in [3.63, 3.8) is 0 Å². The van der Waals surface area contributed by atoms with E-state index in [4.69, 9.17) is 0 Å². The Labute approximate surface area is 115 Å². The highest BCUT2D eigenvalue weighted by atomic mass is 15.3. The van der Waals surface area contributed by atoms with Crippen molar-refractivity contribution in [3.05, 3.63) is 47.3 Å². The van der Waals surface area contributed by atoms with E-state index in [-0.39, 0.29) is 0 Å². The summed E-state index contributed by atoms with van der Waals surface area (Å²) in [5.41, 5.74) is 4.82. The molecular weight excluding hydrogens is 234 g/mol. The Morgan fingerprint density at radius 1 is 1.26 bits per heavy atom. The van der Waals surface area contributed by atoms with E-state index in [2.05, 4.69) is 68.6 Å². The molecule has 2 rings (SSSR count). The van der Waals surface area contributed by atoms with Crippen LogP contribution in [-0.4, -0.2) is 9.78 Å². The number of aromatic nitrogens is 2. The summed E-state index contributed by atoms with van der Waals surface area (Å²) in [6.07, 6.45) is 3.17. The zero-order valence-corrected chi connectivity index (χ0v) is 12.3. The Morgan fingerprint density at radius 2 is 2.05 bits per heavy atom. The van der Waals surface area contributed by atoms with E-state index in [0.717, 1.165) is 18.7 Å². The van der Waals surface area contributed by atoms with Crippen LogP contribution >= 0.6 is 0 Å². The van der Waals surface area contributed by atoms with Crippen molar-refractivity contribution in [3.8, 4) is 0 Å². The van der Waals surface area contributed by atoms with Gasteiger partial charge in [-0.1, -0.05) is 19.1 Å². The van der Waals surface area contributed by atoms with Crippen molar-refractivity contribution in [1.82, 2.24) is 9.78 Å². The normalized spacial score (nSPS) is 12.4. The van der Waals surface area contributed by atoms with Gasteiger partial charge in [0.1, 0.15) is 0 Å². The molecule has 1 unspecified atom stereocenters. The van der Waals surface area contributed by atoms with Crippen LogP contribution < -0.4 is 5.32 Å². The third kappa shape index (κ3) is 3.37. The highest BCUT2D eigenvalue weighted by molar-refractivity contribution is 5.52. The summed E-state index contributed by atoms with van der Waals surface area (Å²) in [6.45, 7) is 9.38. The van der Waals surface area contributed by atoms with Gasteiger partial charge in [0, 0.05) is 17.9 Å². The molecule has 0 saturated carbocycles. The standard InChI is InChI=1S/C16H23N3/c1-5-14(4)19-9-8-15(18-19)11-17-16-10-12(2)6-7-13(16)3/h6-10,14,17H,5,11H2,1-4H3. The zero-order valence-electron chi connectivity index (χ0n) is 12.3. The van der Waals surface area contributed by atoms with Crippen molar-refractivity contribution in [2.24, 2.45) is 0 Å². The molecule has 3 heteroatoms. The third-order valence-corrected chi connectivity index (χ3v) is 3.56. The summed E-state index contributed by atoms with van der Waals surface area (Å²) in [5.74, 6) is 0. The SMILES string of the molecule is CCC(C)n1ccc(CNc2cc(C)ccc2C)n1. The number of hydrogen-bond donors (Lipinski definition) is 1. The fraction of sp³-hybridized carbons (Fsp3) is 0.438. The Balaban J connectivity index is 2.02. The fourth-order valence-electron chi connectivity index (χ4n) is 2.02. The Bertz CT molecular complexity index is 543. The number of rotatable bonds is 5. The molecule has 102 valence electrons. The zero-order chi connectivity index (χ0) is 13.8. The molecule has 0 radical (unpaired) electrons. The van der Waals surface area contributed by atoms with Gasteiger partial charge in [0.05, 0.1) is 12.2 Å². The molecule has 1 aromatic heterocycles. The summed E-state index contributed by atoms with van der Waals surface area (Å²) >= 11 is 0. The van der Waals surface area contributed by atoms with E-state index in [1.807, 2.05) is 4.68 Å². The first-order valence-electron chi connectivity index (χ1n) is 6.95. The third-order valence-electron chi connectivity index (χ3n) is 3.56. The first-order valence-corrected chi connectivity index (χ1v) is 6.95. The highest BCUT2D eigenvalue weighted by Gasteiger charge is 2.05. The van der Waals surface area contributed by atoms with Gasteiger partial charge in [0.25, 0.3) is 0 Å². The highest BCUT2D eigenvalue weighted by Crippen LogP contribution is 2.17. The Morgan fingerprint density at radius 3 is 2.79 bits per heavy atom. The van der Waals surface area contributed by atoms with Crippen LogP contribution in [0.2, 0.25) is 0 Å². The van der Waals surface area contributed by atoms with E-state index in [1.54, 1.807) is 0 Å². The molecule has 0 saturated heterocycles. The average Bonchev–Trinajstić information content (AvgIpc) is 2.88. The lowest BCUT2D eigenvalue weighted by atomic mass is 10.1. The number of nitrogens with one attached hydrogen (secondary N) is 1. The lowest BCUT2D eigenvalue weighted by Crippen LogP contribution is -2.07. The molecule has 3 nitrogen and oxygen atoms in total. The number of hydrogen-bond acceptors (Lipinski definition) is 2. The Kier molecular flexibility index (Phi) is 4.25. The van der Waals surface area contributed by atoms with Gasteiger partial charge in [-0.15, -0.1) is 0 Å². The van der Waals surface area contributed by atoms with Crippen LogP contribution in [0.5, 0.6) is 0 Å². The van der Waals surface area contributed by atoms with Gasteiger partial charge in [-0.2, -0.15) is 5.10 Å². The molecule has 1 aromatic carbocycles. The fourth-order valence-corrected chi connectivity index (χ4v) is 2.02. The summed E-state index contributed by atoms with van der Waals surface area (Å²) in [7, 11) is 0. The molecular formula is C16H23N3. The molecule has 19 heavy (non-hydrogen) atoms. The Hall–Kier alpha value is -1.77. The largest absolute Gasteiger partial charge is 0.379 e. The maximum absolute atomic E-state index is 4.60. The second-order valence-electron chi connectivity index (χ2n) is 5.22. The van der Waals surface area contributed by atoms with E-state index in [9.17, 15) is 0 Å². The van der Waals surface area contributed by atoms with Crippen molar-refractivity contribution < 1.29 is 0 Å². The van der Waals surface area contributed by atoms with Crippen LogP contribution in [0, 0.1) is 13.8 Å². The van der Waals surface area contributed by atoms with Crippen molar-refractivity contribution in [2.45, 2.75) is 46.7 Å². The molecule has 0 aliphatic heterocycles. The van der Waals surface area contributed by atoms with Gasteiger partial charge in [0.2, 0.25) is 0 Å². The molecule has 0 spiro atoms. The molecule has 0 aliphatic rings. The topological polar surface area (TPSA) is 29.9 Å². The van der Waals surface area contributed by atoms with Crippen LogP contribution in [0.3, 0.4) is 0 Å². The minimum absolute atomic E-state index is 0.467. The van der Waals surface area contributed by atoms with E-state index < -0.39 is 0 Å². The van der Waals surface area contributed by atoms with Crippen LogP contribution in [0.15, 0.2) is 30.5 Å². The van der Waals surface area contributed by atoms with Gasteiger partial charge < -0.3 is 5.32 Å². The summed E-state index contributed by atoms with van der Waals surface area (Å²) in [6, 6.07) is 9.02. The lowest BCUT2D eigenvalue weighted by molar-refractivity contribution is 0.474. The predicted molar refractivity (Wildman–Crippen MR) is 80.5 cm³/mol. The van der Waals surface area contributed by atoms with Crippen molar-refractivity contribution in [1.29, 1.82) is 0 Å². The summed E-state index contributed by atoms with van der Waals surface area (Å²) < 4.78 is 2.04. The molecule has 1 N–H and O–H groups in total. The van der Waals surface area contributed by atoms with Crippen molar-refractivity contribution in [2.75, 3.05) is 5.32 Å². The first kappa shape index (κ1) is 13.7. The number of benzene rings is 1. The van der Waals surface area contributed by atoms with E-state index in [1.165, 1.54) is 16.8 Å². The van der Waals surface area contributed by atoms with Gasteiger partial charge in [0.15, 0.2) is 0 Å². The smallest absolute Gasteiger partial charge is 0.0815 e. The quantitative estimate of drug-likeness (QED) is 0.874. The predicted octanol–water partition coefficient (Wildman–Crippen LogP) is 4.08. The van der Waals surface area contributed by atoms with Crippen LogP contribution in [0.25, 0.3) is 0 Å². The lowest BCUT2D eigenvalue weighted by Gasteiger charge is -2.10. The summed E-state index contributed by atoms with van der Waals surface area (Å²) in [4.78, 5) is 0. The maximum atomic E-state index is 4.60. The maximum Gasteiger partial charge on any atom is 0.0815 e. The number of aryl methyl sites for hydroxylation is 2. The second-order valence-corrected chi connectivity index (χ2v) is 5.22. The van der Waals surface area contributed by atoms with E-state index >= 15 is 0 Å². The van der Waals surface area contributed by atoms with Crippen LogP contribution in [0.1, 0.15) is 43.1 Å². The summed E-state index contributed by atoms with van der Waals surface area (Å²) in [5, 5.41) is 8.07. The average molecular weight is 257 g/mol. The van der Waals surface area contributed by atoms with Crippen LogP contribution in [0.4, 0.5) is 5.69 Å². The molecule has 0 bridgehead atoms. The van der Waals surface area contributed by atoms with Gasteiger partial charge in [-0.3, -0.25) is 4.68 Å². The van der Waals surface area contributed by atoms with Gasteiger partial charge in [-0.25, -0.2) is 0 Å². The van der Waals surface area contributed by atoms with E-state index in [0.29, 0.717) is 6.04 Å². The molecule has 0 aliphatic carbocycles. The monoisotopic (exact) mass is 257 g/mol.